The lowest BCUT2D eigenvalue weighted by Crippen LogP contribution is -3.00. The highest BCUT2D eigenvalue weighted by Crippen LogP contribution is 2.34. The summed E-state index contributed by atoms with van der Waals surface area (Å²) >= 11 is 1.55. The molecule has 624 valence electrons. The third kappa shape index (κ3) is 34.9. The molecule has 0 saturated carbocycles. The van der Waals surface area contributed by atoms with Crippen LogP contribution in [-0.4, -0.2) is 139 Å². The van der Waals surface area contributed by atoms with E-state index < -0.39 is 5.97 Å². The molecule has 0 amide bonds. The molecule has 0 saturated heterocycles. The molecule has 10 rings (SSSR count). The molecule has 0 spiro atoms. The Morgan fingerprint density at radius 2 is 0.803 bits per heavy atom. The molecule has 0 aliphatic heterocycles. The van der Waals surface area contributed by atoms with Crippen LogP contribution < -0.4 is 89.6 Å². The third-order valence-corrected chi connectivity index (χ3v) is 15.1. The van der Waals surface area contributed by atoms with Crippen LogP contribution in [0.1, 0.15) is 29.7 Å². The number of rotatable bonds is 21. The van der Waals surface area contributed by atoms with E-state index in [2.05, 4.69) is 127 Å². The van der Waals surface area contributed by atoms with Gasteiger partial charge < -0.3 is 71.5 Å². The van der Waals surface area contributed by atoms with E-state index in [1.165, 1.54) is 27.4 Å². The van der Waals surface area contributed by atoms with Gasteiger partial charge in [0.2, 0.25) is 17.7 Å². The molecule has 0 fully saturated rings. The molecular formula is C71H96Cl5N37O3S. The topological polar surface area (TPSA) is 399 Å². The maximum Gasteiger partial charge on any atom is 0.423 e. The lowest BCUT2D eigenvalue weighted by Gasteiger charge is -2.05. The highest BCUT2D eigenvalue weighted by molar-refractivity contribution is 7.12. The summed E-state index contributed by atoms with van der Waals surface area (Å²) < 4.78 is 25.6. The summed E-state index contributed by atoms with van der Waals surface area (Å²) in [4.78, 5) is 11.3. The number of thiazole rings is 1. The van der Waals surface area contributed by atoms with Crippen LogP contribution in [0.15, 0.2) is 248 Å². The second-order valence-electron chi connectivity index (χ2n) is 24.6. The first-order chi connectivity index (χ1) is 53.4. The van der Waals surface area contributed by atoms with Crippen molar-refractivity contribution < 1.29 is 99.1 Å². The fraction of sp³-hybridized carbons (Fsp3) is 0.338. The standard InChI is InChI=1S/C15H16N9.C15H22N7.C14H19N8O2.C13H18N7.C12H15N6S.C2H6O.5ClH/c1-22(2)21-19-12-7-5-11(6-8-12)18-20-15-23(3)13(9-16)14(10-17)24(15)4;1-11-12(2)22(6)15(21(11)5)18-16-13-7-9-14(10-8-13)17-19-20(3)4;1-10(23)24-13-8-11(16-19-20(2)3)6-7-12(13)17-18-14-21(4)9-15-22(14)5;1-18(2)17-15-12-7-5-11(6-8-12)14-16-13-19(3)9-10-20(13)4;1-17(2)16-14-11-6-4-10(5-7-11)13-15-12-18(3)8-9-19-12;1-3-2;;;;;/h5-8H,1-4H3;7-10H,1-6H3;6-9H,1-5H3;5-10H,1-4H3;4-9H,1-3H3;1-2H3;5*1H/q5*+1;;;;;;/p-5. The average molecular weight is 1730 g/mol. The fourth-order valence-electron chi connectivity index (χ4n) is 8.49. The Hall–Kier alpha value is -12.6. The number of carbonyl (C=O) groups is 1. The van der Waals surface area contributed by atoms with Crippen LogP contribution in [0, 0.1) is 36.5 Å². The molecule has 0 bridgehead atoms. The van der Waals surface area contributed by atoms with Gasteiger partial charge in [-0.3, -0.25) is 29.8 Å². The zero-order valence-electron chi connectivity index (χ0n) is 69.4. The van der Waals surface area contributed by atoms with E-state index in [1.54, 1.807) is 165 Å². The van der Waals surface area contributed by atoms with Gasteiger partial charge in [0.15, 0.2) is 5.75 Å². The van der Waals surface area contributed by atoms with Crippen LogP contribution >= 0.6 is 11.3 Å². The summed E-state index contributed by atoms with van der Waals surface area (Å²) in [5, 5.41) is 115. The van der Waals surface area contributed by atoms with Gasteiger partial charge in [0.1, 0.15) is 58.2 Å². The van der Waals surface area contributed by atoms with Gasteiger partial charge in [0.05, 0.1) is 109 Å². The number of nitriles is 2. The molecule has 0 aliphatic rings. The average Bonchev–Trinajstić information content (AvgIpc) is 1.66. The SMILES string of the molecule is CC(=O)Oc1cc(N=NN(C)C)ccc1N=Nc1n(C)nc[n+]1C.CN(C)N=Nc1ccc(N=Nc2n(C)c(C#N)c(C#N)[n+]2C)cc1.CN(C)N=Nc1ccc(N=Nc2n(C)cc[n+]2C)cc1.CN(C)N=Nc1ccc(N=Nc2scc[n+]2C)cc1.COC.Cc1c(C)[n+](C)c(N=Nc2ccc(N=NN(C)C)cc2)n1C.[Cl-].[Cl-].[Cl-].[Cl-].[Cl-]. The van der Waals surface area contributed by atoms with Crippen molar-refractivity contribution in [2.24, 2.45) is 166 Å². The number of ether oxygens (including phenoxy) is 2. The smallest absolute Gasteiger partial charge is 0.423 e. The van der Waals surface area contributed by atoms with E-state index in [9.17, 15) is 4.79 Å². The predicted molar refractivity (Wildman–Crippen MR) is 417 cm³/mol. The van der Waals surface area contributed by atoms with E-state index >= 15 is 0 Å². The fourth-order valence-corrected chi connectivity index (χ4v) is 9.17. The van der Waals surface area contributed by atoms with Crippen molar-refractivity contribution in [3.8, 4) is 17.9 Å². The van der Waals surface area contributed by atoms with Gasteiger partial charge in [0, 0.05) is 124 Å². The van der Waals surface area contributed by atoms with Crippen LogP contribution in [0.4, 0.5) is 85.8 Å². The van der Waals surface area contributed by atoms with Crippen molar-refractivity contribution in [1.29, 1.82) is 10.5 Å². The zero-order chi connectivity index (χ0) is 82.6. The minimum Gasteiger partial charge on any atom is -1.00 e. The first-order valence-electron chi connectivity index (χ1n) is 33.8. The summed E-state index contributed by atoms with van der Waals surface area (Å²) in [6, 6.07) is 38.3. The Bertz CT molecular complexity index is 5000. The van der Waals surface area contributed by atoms with Crippen LogP contribution in [0.2, 0.25) is 0 Å². The van der Waals surface area contributed by atoms with Gasteiger partial charge in [-0.1, -0.05) is 46.6 Å². The van der Waals surface area contributed by atoms with E-state index in [0.717, 1.165) is 51.2 Å². The lowest BCUT2D eigenvalue weighted by atomic mass is 10.2. The van der Waals surface area contributed by atoms with E-state index in [4.69, 9.17) is 15.3 Å². The summed E-state index contributed by atoms with van der Waals surface area (Å²) in [6.45, 7) is 5.45. The number of aryl methyl sites for hydroxylation is 5. The first-order valence-corrected chi connectivity index (χ1v) is 34.6. The minimum atomic E-state index is -0.459. The summed E-state index contributed by atoms with van der Waals surface area (Å²) in [5.74, 6) is 2.33. The number of benzene rings is 5. The maximum atomic E-state index is 11.3. The molecule has 0 aliphatic carbocycles. The van der Waals surface area contributed by atoms with Crippen molar-refractivity contribution in [2.75, 3.05) is 84.7 Å². The Kier molecular flexibility index (Phi) is 47.7. The van der Waals surface area contributed by atoms with Crippen molar-refractivity contribution in [3.05, 3.63) is 168 Å². The van der Waals surface area contributed by atoms with Gasteiger partial charge >= 0.3 is 34.9 Å². The van der Waals surface area contributed by atoms with E-state index in [-0.39, 0.29) is 79.2 Å². The van der Waals surface area contributed by atoms with Crippen LogP contribution in [0.25, 0.3) is 0 Å². The predicted octanol–water partition coefficient (Wildman–Crippen LogP) is -0.187. The molecular weight excluding hydrogens is 1630 g/mol. The Balaban J connectivity index is 0.00000141. The second-order valence-corrected chi connectivity index (χ2v) is 25.5. The van der Waals surface area contributed by atoms with Gasteiger partial charge in [-0.2, -0.15) is 10.5 Å². The zero-order valence-corrected chi connectivity index (χ0v) is 74.0. The monoisotopic (exact) mass is 1720 g/mol. The molecule has 46 heteroatoms. The van der Waals surface area contributed by atoms with Crippen LogP contribution in [0.3, 0.4) is 0 Å². The van der Waals surface area contributed by atoms with Crippen LogP contribution in [-0.2, 0) is 73.0 Å². The lowest BCUT2D eigenvalue weighted by molar-refractivity contribution is -0.664. The number of hydrogen-bond donors (Lipinski definition) is 0. The van der Waals surface area contributed by atoms with E-state index in [1.807, 2.05) is 209 Å². The molecule has 5 heterocycles. The molecule has 5 aromatic carbocycles. The van der Waals surface area contributed by atoms with Crippen molar-refractivity contribution >= 4 is 103 Å². The number of azo groups is 5. The number of esters is 1. The molecule has 5 aromatic heterocycles. The molecule has 117 heavy (non-hydrogen) atoms. The number of aromatic nitrogens is 10. The van der Waals surface area contributed by atoms with Crippen molar-refractivity contribution in [2.45, 2.75) is 20.8 Å². The first kappa shape index (κ1) is 104. The Labute approximate surface area is 715 Å². The maximum absolute atomic E-state index is 11.3. The second kappa shape index (κ2) is 53.4. The normalized spacial score (nSPS) is 10.8. The van der Waals surface area contributed by atoms with Gasteiger partial charge in [-0.15, -0.1) is 30.3 Å². The minimum absolute atomic E-state index is 0. The Morgan fingerprint density at radius 3 is 1.11 bits per heavy atom. The quantitative estimate of drug-likeness (QED) is 0.0298. The van der Waals surface area contributed by atoms with E-state index in [0.29, 0.717) is 34.6 Å². The molecule has 10 aromatic rings. The summed E-state index contributed by atoms with van der Waals surface area (Å²) in [5.41, 5.74) is 9.78. The third-order valence-electron chi connectivity index (χ3n) is 14.3. The Morgan fingerprint density at radius 1 is 0.444 bits per heavy atom. The molecule has 0 radical (unpaired) electrons. The largest absolute Gasteiger partial charge is 1.00 e. The van der Waals surface area contributed by atoms with Crippen LogP contribution in [0.5, 0.6) is 5.75 Å². The number of methoxy groups -OCH3 is 1. The van der Waals surface area contributed by atoms with Crippen molar-refractivity contribution in [3.63, 3.8) is 0 Å². The summed E-state index contributed by atoms with van der Waals surface area (Å²) in [7, 11) is 38.0. The molecule has 0 unspecified atom stereocenters. The van der Waals surface area contributed by atoms with Gasteiger partial charge in [-0.05, 0) is 145 Å². The molecule has 40 nitrogen and oxygen atoms in total. The number of nitrogens with zero attached hydrogens (tertiary/aromatic N) is 37. The summed E-state index contributed by atoms with van der Waals surface area (Å²) in [6.07, 6.45) is 7.42. The number of carbonyl (C=O) groups excluding carboxylic acids is 1. The number of imidazole rings is 3. The number of hydrogen-bond acceptors (Lipinski definition) is 27. The highest BCUT2D eigenvalue weighted by atomic mass is 35.5. The number of halogens is 5. The van der Waals surface area contributed by atoms with Gasteiger partial charge in [-0.25, -0.2) is 36.5 Å². The molecule has 0 N–H and O–H groups in total. The highest BCUT2D eigenvalue weighted by Gasteiger charge is 2.26. The van der Waals surface area contributed by atoms with Gasteiger partial charge in [0.25, 0.3) is 0 Å². The molecule has 0 atom stereocenters. The van der Waals surface area contributed by atoms with Crippen molar-refractivity contribution in [1.82, 2.24) is 48.5 Å².